The summed E-state index contributed by atoms with van der Waals surface area (Å²) >= 11 is 1.57. The van der Waals surface area contributed by atoms with E-state index >= 15 is 0 Å². The van der Waals surface area contributed by atoms with E-state index in [0.717, 1.165) is 34.4 Å². The lowest BCUT2D eigenvalue weighted by atomic mass is 9.78. The SMILES string of the molecule is CN1C(=O)C(CCCc2cncnc2)[C@@](C)(c2cc(-c3cccc(C#N)c3)cs2)N=C1N. The molecule has 2 N–H and O–H groups in total. The summed E-state index contributed by atoms with van der Waals surface area (Å²) in [5.74, 6) is -0.126. The molecule has 1 unspecified atom stereocenters. The Balaban J connectivity index is 1.63. The van der Waals surface area contributed by atoms with Gasteiger partial charge < -0.3 is 5.73 Å². The van der Waals surface area contributed by atoms with E-state index in [0.29, 0.717) is 12.0 Å². The van der Waals surface area contributed by atoms with E-state index in [2.05, 4.69) is 22.1 Å². The Bertz CT molecular complexity index is 1200. The van der Waals surface area contributed by atoms with Crippen LogP contribution in [0.2, 0.25) is 0 Å². The van der Waals surface area contributed by atoms with E-state index in [4.69, 9.17) is 10.7 Å². The Morgan fingerprint density at radius 2 is 2.03 bits per heavy atom. The fourth-order valence-corrected chi connectivity index (χ4v) is 5.18. The summed E-state index contributed by atoms with van der Waals surface area (Å²) in [7, 11) is 1.67. The number of nitrogens with two attached hydrogens (primary N) is 1. The monoisotopic (exact) mass is 444 g/mol. The summed E-state index contributed by atoms with van der Waals surface area (Å²) in [5.41, 5.74) is 9.00. The molecule has 1 aromatic carbocycles. The zero-order valence-electron chi connectivity index (χ0n) is 18.0. The van der Waals surface area contributed by atoms with Crippen LogP contribution in [0.4, 0.5) is 0 Å². The normalized spacial score (nSPS) is 20.7. The average molecular weight is 445 g/mol. The predicted molar refractivity (Wildman–Crippen MR) is 125 cm³/mol. The van der Waals surface area contributed by atoms with Crippen LogP contribution < -0.4 is 5.73 Å². The first-order valence-electron chi connectivity index (χ1n) is 10.4. The summed E-state index contributed by atoms with van der Waals surface area (Å²) < 4.78 is 0. The average Bonchev–Trinajstić information content (AvgIpc) is 3.32. The van der Waals surface area contributed by atoms with Crippen molar-refractivity contribution in [2.45, 2.75) is 31.7 Å². The van der Waals surface area contributed by atoms with Crippen molar-refractivity contribution in [1.29, 1.82) is 5.26 Å². The van der Waals surface area contributed by atoms with Crippen LogP contribution in [0, 0.1) is 17.2 Å². The third-order valence-corrected chi connectivity index (χ3v) is 7.15. The molecule has 0 spiro atoms. The van der Waals surface area contributed by atoms with Crippen molar-refractivity contribution in [3.8, 4) is 17.2 Å². The summed E-state index contributed by atoms with van der Waals surface area (Å²) in [6.07, 6.45) is 7.39. The Morgan fingerprint density at radius 1 is 1.25 bits per heavy atom. The number of aryl methyl sites for hydroxylation is 1. The van der Waals surface area contributed by atoms with Gasteiger partial charge in [0.2, 0.25) is 5.91 Å². The van der Waals surface area contributed by atoms with Gasteiger partial charge in [-0.3, -0.25) is 9.69 Å². The molecule has 7 nitrogen and oxygen atoms in total. The van der Waals surface area contributed by atoms with Gasteiger partial charge in [-0.05, 0) is 66.5 Å². The van der Waals surface area contributed by atoms with Gasteiger partial charge in [0, 0.05) is 24.3 Å². The lowest BCUT2D eigenvalue weighted by molar-refractivity contribution is -0.134. The van der Waals surface area contributed by atoms with Crippen LogP contribution in [0.3, 0.4) is 0 Å². The molecule has 162 valence electrons. The van der Waals surface area contributed by atoms with Gasteiger partial charge in [-0.1, -0.05) is 12.1 Å². The Kier molecular flexibility index (Phi) is 6.01. The molecule has 0 saturated heterocycles. The maximum Gasteiger partial charge on any atom is 0.234 e. The first-order chi connectivity index (χ1) is 15.4. The summed E-state index contributed by atoms with van der Waals surface area (Å²) in [6, 6.07) is 11.7. The Hall–Kier alpha value is -3.57. The molecule has 1 aliphatic rings. The molecule has 0 aliphatic carbocycles. The largest absolute Gasteiger partial charge is 0.369 e. The van der Waals surface area contributed by atoms with Gasteiger partial charge in [0.05, 0.1) is 17.6 Å². The lowest BCUT2D eigenvalue weighted by Gasteiger charge is -2.40. The van der Waals surface area contributed by atoms with Crippen molar-refractivity contribution in [1.82, 2.24) is 14.9 Å². The van der Waals surface area contributed by atoms with Crippen LogP contribution in [0.1, 0.15) is 35.8 Å². The second-order valence-corrected chi connectivity index (χ2v) is 9.01. The molecule has 1 aliphatic heterocycles. The van der Waals surface area contributed by atoms with Crippen LogP contribution in [0.25, 0.3) is 11.1 Å². The van der Waals surface area contributed by atoms with E-state index in [1.807, 2.05) is 30.5 Å². The van der Waals surface area contributed by atoms with Gasteiger partial charge >= 0.3 is 0 Å². The first-order valence-corrected chi connectivity index (χ1v) is 11.3. The number of hydrogen-bond acceptors (Lipinski definition) is 7. The molecule has 3 heterocycles. The number of nitriles is 1. The van der Waals surface area contributed by atoms with Crippen molar-refractivity contribution in [3.63, 3.8) is 0 Å². The molecular formula is C24H24N6OS. The van der Waals surface area contributed by atoms with Crippen LogP contribution in [0.5, 0.6) is 0 Å². The summed E-state index contributed by atoms with van der Waals surface area (Å²) in [4.78, 5) is 28.6. The zero-order chi connectivity index (χ0) is 22.7. The number of nitrogens with zero attached hydrogens (tertiary/aromatic N) is 5. The van der Waals surface area contributed by atoms with Crippen molar-refractivity contribution >= 4 is 23.2 Å². The Labute approximate surface area is 191 Å². The van der Waals surface area contributed by atoms with E-state index in [-0.39, 0.29) is 17.8 Å². The molecule has 0 fully saturated rings. The summed E-state index contributed by atoms with van der Waals surface area (Å²) in [6.45, 7) is 1.99. The van der Waals surface area contributed by atoms with E-state index in [9.17, 15) is 10.1 Å². The molecule has 0 bridgehead atoms. The van der Waals surface area contributed by atoms with Crippen molar-refractivity contribution in [3.05, 3.63) is 70.4 Å². The third kappa shape index (κ3) is 4.12. The number of rotatable bonds is 6. The standard InChI is InChI=1S/C24H24N6OS/c1-24(21-10-19(14-32-21)18-7-3-5-16(9-18)11-25)20(22(31)30(2)23(26)29-24)8-4-6-17-12-27-15-28-13-17/h3,5,7,9-10,12-15,20H,4,6,8H2,1-2H3,(H2,26,29)/t20?,24-/m0/s1. The van der Waals surface area contributed by atoms with Gasteiger partial charge in [0.25, 0.3) is 0 Å². The minimum absolute atomic E-state index is 0.0225. The van der Waals surface area contributed by atoms with Gasteiger partial charge in [-0.2, -0.15) is 5.26 Å². The minimum Gasteiger partial charge on any atom is -0.369 e. The number of thiophene rings is 1. The van der Waals surface area contributed by atoms with E-state index in [1.54, 1.807) is 36.8 Å². The maximum absolute atomic E-state index is 13.2. The van der Waals surface area contributed by atoms with E-state index < -0.39 is 5.54 Å². The van der Waals surface area contributed by atoms with Gasteiger partial charge in [-0.15, -0.1) is 11.3 Å². The lowest BCUT2D eigenvalue weighted by Crippen LogP contribution is -2.53. The van der Waals surface area contributed by atoms with Gasteiger partial charge in [-0.25, -0.2) is 15.0 Å². The number of hydrogen-bond donors (Lipinski definition) is 1. The molecule has 3 aromatic rings. The number of carbonyl (C=O) groups excluding carboxylic acids is 1. The maximum atomic E-state index is 13.2. The number of aliphatic imine (C=N–C) groups is 1. The predicted octanol–water partition coefficient (Wildman–Crippen LogP) is 3.72. The number of aromatic nitrogens is 2. The highest BCUT2D eigenvalue weighted by molar-refractivity contribution is 7.10. The van der Waals surface area contributed by atoms with Crippen LogP contribution in [-0.4, -0.2) is 33.8 Å². The molecule has 0 saturated carbocycles. The molecule has 8 heteroatoms. The number of amides is 1. The quantitative estimate of drug-likeness (QED) is 0.623. The van der Waals surface area contributed by atoms with Crippen molar-refractivity contribution in [2.24, 2.45) is 16.6 Å². The van der Waals surface area contributed by atoms with Crippen LogP contribution in [0.15, 0.2) is 59.4 Å². The zero-order valence-corrected chi connectivity index (χ0v) is 18.8. The highest BCUT2D eigenvalue weighted by atomic mass is 32.1. The fourth-order valence-electron chi connectivity index (χ4n) is 4.10. The molecular weight excluding hydrogens is 420 g/mol. The van der Waals surface area contributed by atoms with E-state index in [1.165, 1.54) is 11.2 Å². The topological polar surface area (TPSA) is 108 Å². The molecule has 32 heavy (non-hydrogen) atoms. The van der Waals surface area contributed by atoms with Gasteiger partial charge in [0.15, 0.2) is 5.96 Å². The number of guanidine groups is 1. The highest BCUT2D eigenvalue weighted by Crippen LogP contribution is 2.44. The Morgan fingerprint density at radius 3 is 2.78 bits per heavy atom. The second kappa shape index (κ2) is 8.89. The summed E-state index contributed by atoms with van der Waals surface area (Å²) in [5, 5.41) is 11.3. The molecule has 2 aromatic heterocycles. The minimum atomic E-state index is -0.753. The second-order valence-electron chi connectivity index (χ2n) is 8.10. The van der Waals surface area contributed by atoms with Crippen molar-refractivity contribution in [2.75, 3.05) is 7.05 Å². The molecule has 2 atom stereocenters. The van der Waals surface area contributed by atoms with Crippen molar-refractivity contribution < 1.29 is 4.79 Å². The fraction of sp³-hybridized carbons (Fsp3) is 0.292. The first kappa shape index (κ1) is 21.7. The van der Waals surface area contributed by atoms with Gasteiger partial charge in [0.1, 0.15) is 11.9 Å². The molecule has 0 radical (unpaired) electrons. The third-order valence-electron chi connectivity index (χ3n) is 5.99. The molecule has 4 rings (SSSR count). The number of carbonyl (C=O) groups is 1. The van der Waals surface area contributed by atoms with Crippen LogP contribution >= 0.6 is 11.3 Å². The smallest absolute Gasteiger partial charge is 0.234 e. The number of benzene rings is 1. The highest BCUT2D eigenvalue weighted by Gasteiger charge is 2.46. The molecule has 1 amide bonds. The van der Waals surface area contributed by atoms with Crippen LogP contribution in [-0.2, 0) is 16.8 Å².